The molecular weight excluding hydrogens is 290 g/mol. The second-order valence-electron chi connectivity index (χ2n) is 5.19. The lowest BCUT2D eigenvalue weighted by molar-refractivity contribution is -0.394. The predicted octanol–water partition coefficient (Wildman–Crippen LogP) is 1.50. The summed E-state index contributed by atoms with van der Waals surface area (Å²) in [6.45, 7) is 1.79. The molecule has 3 rings (SSSR count). The molecule has 9 nitrogen and oxygen atoms in total. The number of ether oxygens (including phenoxy) is 1. The van der Waals surface area contributed by atoms with Crippen LogP contribution in [0.5, 0.6) is 0 Å². The van der Waals surface area contributed by atoms with Gasteiger partial charge in [0.15, 0.2) is 0 Å². The van der Waals surface area contributed by atoms with Gasteiger partial charge in [0.05, 0.1) is 18.9 Å². The summed E-state index contributed by atoms with van der Waals surface area (Å²) in [6.07, 6.45) is 3.68. The summed E-state index contributed by atoms with van der Waals surface area (Å²) in [6, 6.07) is 3.66. The van der Waals surface area contributed by atoms with Crippen LogP contribution >= 0.6 is 0 Å². The van der Waals surface area contributed by atoms with Gasteiger partial charge in [-0.15, -0.1) is 0 Å². The number of anilines is 1. The van der Waals surface area contributed by atoms with E-state index >= 15 is 0 Å². The minimum absolute atomic E-state index is 0.0886. The highest BCUT2D eigenvalue weighted by atomic mass is 16.6. The van der Waals surface area contributed by atoms with Gasteiger partial charge in [0.25, 0.3) is 0 Å². The van der Waals surface area contributed by atoms with Gasteiger partial charge in [0.1, 0.15) is 5.76 Å². The Morgan fingerprint density at radius 2 is 2.45 bits per heavy atom. The molecule has 1 fully saturated rings. The van der Waals surface area contributed by atoms with Crippen molar-refractivity contribution in [2.75, 3.05) is 18.1 Å². The summed E-state index contributed by atoms with van der Waals surface area (Å²) >= 11 is 0. The van der Waals surface area contributed by atoms with E-state index < -0.39 is 10.9 Å². The van der Waals surface area contributed by atoms with E-state index in [2.05, 4.69) is 10.1 Å². The van der Waals surface area contributed by atoms with Crippen molar-refractivity contribution in [1.29, 1.82) is 0 Å². The van der Waals surface area contributed by atoms with Crippen LogP contribution in [0.25, 0.3) is 0 Å². The van der Waals surface area contributed by atoms with Gasteiger partial charge in [-0.1, -0.05) is 0 Å². The van der Waals surface area contributed by atoms with E-state index in [0.29, 0.717) is 19.0 Å². The van der Waals surface area contributed by atoms with Gasteiger partial charge in [0, 0.05) is 25.3 Å². The normalized spacial score (nSPS) is 17.8. The first-order chi connectivity index (χ1) is 10.6. The van der Waals surface area contributed by atoms with E-state index in [1.54, 1.807) is 19.4 Å². The average Bonchev–Trinajstić information content (AvgIpc) is 3.19. The molecule has 0 spiro atoms. The summed E-state index contributed by atoms with van der Waals surface area (Å²) in [4.78, 5) is 16.2. The Morgan fingerprint density at radius 1 is 1.59 bits per heavy atom. The van der Waals surface area contributed by atoms with Gasteiger partial charge >= 0.3 is 11.9 Å². The monoisotopic (exact) mass is 307 g/mol. The summed E-state index contributed by atoms with van der Waals surface area (Å²) in [5.74, 6) is 0.775. The average molecular weight is 307 g/mol. The van der Waals surface area contributed by atoms with Crippen molar-refractivity contribution in [3.63, 3.8) is 0 Å². The number of hydrogen-bond acceptors (Lipinski definition) is 7. The Bertz CT molecular complexity index is 633. The first kappa shape index (κ1) is 14.5. The zero-order valence-electron chi connectivity index (χ0n) is 12.2. The van der Waals surface area contributed by atoms with Crippen LogP contribution in [-0.4, -0.2) is 38.9 Å². The van der Waals surface area contributed by atoms with Gasteiger partial charge in [0.2, 0.25) is 0 Å². The molecule has 3 heterocycles. The standard InChI is InChI=1S/C13H17N5O4/c1-16-13(14-12(15-16)18(19)20)17(8-10-4-2-6-21-10)9-11-5-3-7-22-11/h2,4,6,11H,3,5,7-9H2,1H3. The number of hydrogen-bond donors (Lipinski definition) is 0. The summed E-state index contributed by atoms with van der Waals surface area (Å²) in [5.41, 5.74) is 0. The molecule has 0 aliphatic carbocycles. The molecule has 0 bridgehead atoms. The first-order valence-corrected chi connectivity index (χ1v) is 7.08. The molecule has 1 aliphatic heterocycles. The molecule has 0 N–H and O–H groups in total. The first-order valence-electron chi connectivity index (χ1n) is 7.08. The second kappa shape index (κ2) is 6.14. The highest BCUT2D eigenvalue weighted by Crippen LogP contribution is 2.21. The van der Waals surface area contributed by atoms with E-state index in [-0.39, 0.29) is 6.10 Å². The summed E-state index contributed by atoms with van der Waals surface area (Å²) in [5, 5.41) is 14.7. The third-order valence-electron chi connectivity index (χ3n) is 3.55. The number of nitro groups is 1. The van der Waals surface area contributed by atoms with Gasteiger partial charge in [-0.05, 0) is 34.9 Å². The number of nitrogens with zero attached hydrogens (tertiary/aromatic N) is 5. The molecule has 1 saturated heterocycles. The number of rotatable bonds is 6. The highest BCUT2D eigenvalue weighted by Gasteiger charge is 2.28. The maximum Gasteiger partial charge on any atom is 0.493 e. The van der Waals surface area contributed by atoms with Crippen LogP contribution in [0.3, 0.4) is 0 Å². The smallest absolute Gasteiger partial charge is 0.467 e. The van der Waals surface area contributed by atoms with Crippen molar-refractivity contribution in [2.24, 2.45) is 7.05 Å². The van der Waals surface area contributed by atoms with Crippen LogP contribution in [0.15, 0.2) is 22.8 Å². The van der Waals surface area contributed by atoms with Crippen LogP contribution < -0.4 is 4.90 Å². The van der Waals surface area contributed by atoms with Crippen molar-refractivity contribution in [3.8, 4) is 0 Å². The minimum atomic E-state index is -0.597. The molecule has 9 heteroatoms. The van der Waals surface area contributed by atoms with Crippen molar-refractivity contribution in [3.05, 3.63) is 34.3 Å². The maximum atomic E-state index is 10.9. The van der Waals surface area contributed by atoms with Crippen LogP contribution in [-0.2, 0) is 18.3 Å². The lowest BCUT2D eigenvalue weighted by Gasteiger charge is -2.22. The van der Waals surface area contributed by atoms with Crippen molar-refractivity contribution < 1.29 is 14.1 Å². The largest absolute Gasteiger partial charge is 0.493 e. The summed E-state index contributed by atoms with van der Waals surface area (Å²) < 4.78 is 12.4. The Balaban J connectivity index is 1.84. The zero-order chi connectivity index (χ0) is 15.5. The van der Waals surface area contributed by atoms with E-state index in [9.17, 15) is 10.1 Å². The Morgan fingerprint density at radius 3 is 3.05 bits per heavy atom. The molecule has 1 atom stereocenters. The van der Waals surface area contributed by atoms with E-state index in [0.717, 1.165) is 25.2 Å². The summed E-state index contributed by atoms with van der Waals surface area (Å²) in [7, 11) is 1.64. The Kier molecular flexibility index (Phi) is 4.05. The maximum absolute atomic E-state index is 10.9. The molecule has 1 unspecified atom stereocenters. The molecular formula is C13H17N5O4. The fourth-order valence-corrected chi connectivity index (χ4v) is 2.56. The predicted molar refractivity (Wildman–Crippen MR) is 76.4 cm³/mol. The Hall–Kier alpha value is -2.42. The van der Waals surface area contributed by atoms with Crippen molar-refractivity contribution >= 4 is 11.9 Å². The topological polar surface area (TPSA) is 99.5 Å². The molecule has 0 saturated carbocycles. The van der Waals surface area contributed by atoms with Crippen LogP contribution in [0.2, 0.25) is 0 Å². The van der Waals surface area contributed by atoms with E-state index in [4.69, 9.17) is 9.15 Å². The third-order valence-corrected chi connectivity index (χ3v) is 3.55. The van der Waals surface area contributed by atoms with Gasteiger partial charge in [-0.25, -0.2) is 0 Å². The molecule has 1 aliphatic rings. The minimum Gasteiger partial charge on any atom is -0.467 e. The molecule has 2 aromatic heterocycles. The number of aryl methyl sites for hydroxylation is 1. The zero-order valence-corrected chi connectivity index (χ0v) is 12.2. The Labute approximate surface area is 126 Å². The van der Waals surface area contributed by atoms with Crippen molar-refractivity contribution in [1.82, 2.24) is 14.8 Å². The van der Waals surface area contributed by atoms with Crippen molar-refractivity contribution in [2.45, 2.75) is 25.5 Å². The fraction of sp³-hybridized carbons (Fsp3) is 0.538. The van der Waals surface area contributed by atoms with E-state index in [1.165, 1.54) is 4.68 Å². The second-order valence-corrected chi connectivity index (χ2v) is 5.19. The molecule has 0 amide bonds. The van der Waals surface area contributed by atoms with Crippen LogP contribution in [0.1, 0.15) is 18.6 Å². The van der Waals surface area contributed by atoms with Gasteiger partial charge < -0.3 is 24.2 Å². The number of aromatic nitrogens is 3. The molecule has 0 aromatic carbocycles. The third kappa shape index (κ3) is 3.08. The molecule has 22 heavy (non-hydrogen) atoms. The van der Waals surface area contributed by atoms with Gasteiger partial charge in [-0.2, -0.15) is 4.68 Å². The lowest BCUT2D eigenvalue weighted by atomic mass is 10.2. The lowest BCUT2D eigenvalue weighted by Crippen LogP contribution is -2.33. The van der Waals surface area contributed by atoms with E-state index in [1.807, 2.05) is 11.0 Å². The SMILES string of the molecule is Cn1nc([N+](=O)[O-])nc1N(Cc1ccco1)CC1CCCO1. The van der Waals surface area contributed by atoms with Gasteiger partial charge in [-0.3, -0.25) is 0 Å². The molecule has 0 radical (unpaired) electrons. The molecule has 118 valence electrons. The van der Waals surface area contributed by atoms with Crippen LogP contribution in [0, 0.1) is 10.1 Å². The molecule has 2 aromatic rings. The quantitative estimate of drug-likeness (QED) is 0.589. The number of furan rings is 1. The van der Waals surface area contributed by atoms with Crippen LogP contribution in [0.4, 0.5) is 11.9 Å². The highest BCUT2D eigenvalue weighted by molar-refractivity contribution is 5.34. The fourth-order valence-electron chi connectivity index (χ4n) is 2.56.